The predicted octanol–water partition coefficient (Wildman–Crippen LogP) is 3.59. The van der Waals surface area contributed by atoms with Crippen LogP contribution >= 0.6 is 11.3 Å². The highest BCUT2D eigenvalue weighted by molar-refractivity contribution is 7.09. The summed E-state index contributed by atoms with van der Waals surface area (Å²) < 4.78 is 63.5. The summed E-state index contributed by atoms with van der Waals surface area (Å²) in [5.41, 5.74) is 1.20. The Balaban J connectivity index is 0.000000324. The lowest BCUT2D eigenvalue weighted by Gasteiger charge is -2.25. The van der Waals surface area contributed by atoms with E-state index in [1.54, 1.807) is 17.5 Å². The van der Waals surface area contributed by atoms with Gasteiger partial charge in [-0.1, -0.05) is 12.1 Å². The number of likely N-dealkylation sites (tertiary alicyclic amines) is 1. The van der Waals surface area contributed by atoms with Crippen LogP contribution < -0.4 is 0 Å². The highest BCUT2D eigenvalue weighted by atomic mass is 32.1. The van der Waals surface area contributed by atoms with E-state index in [1.807, 2.05) is 12.3 Å². The molecule has 184 valence electrons. The fourth-order valence-electron chi connectivity index (χ4n) is 2.72. The van der Waals surface area contributed by atoms with E-state index in [0.717, 1.165) is 25.9 Å². The van der Waals surface area contributed by atoms with Gasteiger partial charge in [-0.25, -0.2) is 9.59 Å². The molecule has 33 heavy (non-hydrogen) atoms. The summed E-state index contributed by atoms with van der Waals surface area (Å²) in [7, 11) is 0. The maximum absolute atomic E-state index is 10.6. The van der Waals surface area contributed by atoms with Crippen LogP contribution in [-0.2, 0) is 22.6 Å². The van der Waals surface area contributed by atoms with Crippen LogP contribution in [0, 0.1) is 0 Å². The molecule has 1 aliphatic heterocycles. The standard InChI is InChI=1S/C15H18N2OS.2C2HF3O2/c18-15-5-7-17(11-13-4-2-8-19-13)14(15)9-12-3-1-6-16-10-12;2*3-2(4,5)1(6)7/h1-4,6,8,10,14-15,18H,5,7,9,11H2;2*(H,6,7)/t14-,15-;;/m0../s1. The molecule has 0 amide bonds. The topological polar surface area (TPSA) is 111 Å². The molecule has 0 saturated carbocycles. The lowest BCUT2D eigenvalue weighted by molar-refractivity contribution is -0.193. The van der Waals surface area contributed by atoms with Gasteiger partial charge in [0.15, 0.2) is 0 Å². The minimum absolute atomic E-state index is 0.214. The predicted molar refractivity (Wildman–Crippen MR) is 104 cm³/mol. The molecule has 7 nitrogen and oxygen atoms in total. The Morgan fingerprint density at radius 3 is 2.06 bits per heavy atom. The Morgan fingerprint density at radius 1 is 1.06 bits per heavy atom. The summed E-state index contributed by atoms with van der Waals surface area (Å²) in [6, 6.07) is 8.51. The van der Waals surface area contributed by atoms with Crippen LogP contribution in [0.15, 0.2) is 42.0 Å². The first-order chi connectivity index (χ1) is 15.2. The van der Waals surface area contributed by atoms with Gasteiger partial charge < -0.3 is 15.3 Å². The number of aliphatic hydroxyl groups is 1. The summed E-state index contributed by atoms with van der Waals surface area (Å²) in [5.74, 6) is -5.51. The molecule has 0 aliphatic carbocycles. The van der Waals surface area contributed by atoms with Crippen molar-refractivity contribution in [2.75, 3.05) is 6.54 Å². The molecule has 0 spiro atoms. The van der Waals surface area contributed by atoms with Crippen LogP contribution in [-0.4, -0.2) is 68.2 Å². The van der Waals surface area contributed by atoms with Crippen molar-refractivity contribution in [2.45, 2.75) is 43.9 Å². The molecule has 1 saturated heterocycles. The second-order valence-electron chi connectivity index (χ2n) is 6.64. The van der Waals surface area contributed by atoms with Gasteiger partial charge >= 0.3 is 24.3 Å². The number of aliphatic hydroxyl groups excluding tert-OH is 1. The number of carboxylic acids is 2. The Morgan fingerprint density at radius 2 is 1.64 bits per heavy atom. The zero-order chi connectivity index (χ0) is 25.2. The second kappa shape index (κ2) is 12.5. The number of aromatic nitrogens is 1. The average molecular weight is 502 g/mol. The van der Waals surface area contributed by atoms with E-state index in [9.17, 15) is 31.4 Å². The van der Waals surface area contributed by atoms with E-state index in [1.165, 1.54) is 10.4 Å². The van der Waals surface area contributed by atoms with E-state index < -0.39 is 24.3 Å². The lowest BCUT2D eigenvalue weighted by atomic mass is 10.0. The van der Waals surface area contributed by atoms with Crippen molar-refractivity contribution in [1.29, 1.82) is 0 Å². The number of hydrogen-bond acceptors (Lipinski definition) is 6. The maximum Gasteiger partial charge on any atom is 0.490 e. The Kier molecular flexibility index (Phi) is 10.7. The highest BCUT2D eigenvalue weighted by Crippen LogP contribution is 2.25. The van der Waals surface area contributed by atoms with Gasteiger partial charge in [0.25, 0.3) is 0 Å². The summed E-state index contributed by atoms with van der Waals surface area (Å²) in [6.07, 6.45) is -4.96. The van der Waals surface area contributed by atoms with Crippen LogP contribution in [0.25, 0.3) is 0 Å². The van der Waals surface area contributed by atoms with Gasteiger partial charge in [0.1, 0.15) is 0 Å². The first kappa shape index (κ1) is 28.3. The van der Waals surface area contributed by atoms with Gasteiger partial charge in [-0.05, 0) is 35.9 Å². The second-order valence-corrected chi connectivity index (χ2v) is 7.68. The van der Waals surface area contributed by atoms with Gasteiger partial charge in [-0.2, -0.15) is 26.3 Å². The largest absolute Gasteiger partial charge is 0.490 e. The molecule has 2 aromatic rings. The van der Waals surface area contributed by atoms with Gasteiger partial charge in [-0.3, -0.25) is 9.88 Å². The molecule has 2 atom stereocenters. The van der Waals surface area contributed by atoms with Crippen molar-refractivity contribution in [2.24, 2.45) is 0 Å². The highest BCUT2D eigenvalue weighted by Gasteiger charge is 2.39. The lowest BCUT2D eigenvalue weighted by Crippen LogP contribution is -2.36. The Bertz CT molecular complexity index is 838. The van der Waals surface area contributed by atoms with Gasteiger partial charge in [0.05, 0.1) is 6.10 Å². The van der Waals surface area contributed by atoms with Gasteiger partial charge in [0, 0.05) is 36.4 Å². The molecular formula is C19H20F6N2O5S. The van der Waals surface area contributed by atoms with Crippen molar-refractivity contribution in [3.8, 4) is 0 Å². The summed E-state index contributed by atoms with van der Waals surface area (Å²) in [6.45, 7) is 1.92. The minimum Gasteiger partial charge on any atom is -0.475 e. The molecule has 14 heteroatoms. The number of carbonyl (C=O) groups is 2. The first-order valence-corrected chi connectivity index (χ1v) is 10.0. The zero-order valence-corrected chi connectivity index (χ0v) is 17.6. The number of thiophene rings is 1. The third-order valence-corrected chi connectivity index (χ3v) is 5.08. The Hall–Kier alpha value is -2.71. The van der Waals surface area contributed by atoms with Crippen LogP contribution in [0.4, 0.5) is 26.3 Å². The van der Waals surface area contributed by atoms with Crippen LogP contribution in [0.5, 0.6) is 0 Å². The number of nitrogens with zero attached hydrogens (tertiary/aromatic N) is 2. The number of pyridine rings is 1. The molecule has 0 aromatic carbocycles. The quantitative estimate of drug-likeness (QED) is 0.548. The summed E-state index contributed by atoms with van der Waals surface area (Å²) >= 11 is 1.78. The molecule has 1 aliphatic rings. The van der Waals surface area contributed by atoms with E-state index >= 15 is 0 Å². The van der Waals surface area contributed by atoms with Crippen molar-refractivity contribution >= 4 is 23.3 Å². The van der Waals surface area contributed by atoms with Crippen LogP contribution in [0.2, 0.25) is 0 Å². The molecule has 0 radical (unpaired) electrons. The van der Waals surface area contributed by atoms with E-state index in [4.69, 9.17) is 19.8 Å². The number of halogens is 6. The van der Waals surface area contributed by atoms with Crippen molar-refractivity contribution in [1.82, 2.24) is 9.88 Å². The molecule has 0 bridgehead atoms. The van der Waals surface area contributed by atoms with Crippen molar-refractivity contribution in [3.63, 3.8) is 0 Å². The first-order valence-electron chi connectivity index (χ1n) is 9.15. The Labute approximate surface area is 187 Å². The molecule has 0 unspecified atom stereocenters. The molecule has 3 rings (SSSR count). The number of carboxylic acid groups (broad SMARTS) is 2. The van der Waals surface area contributed by atoms with E-state index in [2.05, 4.69) is 33.5 Å². The van der Waals surface area contributed by atoms with Crippen LogP contribution in [0.1, 0.15) is 16.9 Å². The monoisotopic (exact) mass is 502 g/mol. The van der Waals surface area contributed by atoms with Crippen LogP contribution in [0.3, 0.4) is 0 Å². The van der Waals surface area contributed by atoms with E-state index in [-0.39, 0.29) is 12.1 Å². The SMILES string of the molecule is O=C(O)C(F)(F)F.O=C(O)C(F)(F)F.O[C@H]1CCN(Cc2cccs2)[C@H]1Cc1cccnc1. The number of aliphatic carboxylic acids is 2. The number of hydrogen-bond donors (Lipinski definition) is 3. The smallest absolute Gasteiger partial charge is 0.475 e. The third-order valence-electron chi connectivity index (χ3n) is 4.22. The molecule has 2 aromatic heterocycles. The fourth-order valence-corrected chi connectivity index (χ4v) is 3.45. The summed E-state index contributed by atoms with van der Waals surface area (Å²) in [5, 5.41) is 26.5. The maximum atomic E-state index is 10.6. The normalized spacial score (nSPS) is 18.5. The zero-order valence-electron chi connectivity index (χ0n) is 16.8. The fraction of sp³-hybridized carbons (Fsp3) is 0.421. The molecular weight excluding hydrogens is 482 g/mol. The number of rotatable bonds is 4. The summed E-state index contributed by atoms with van der Waals surface area (Å²) in [4.78, 5) is 25.7. The van der Waals surface area contributed by atoms with E-state index in [0.29, 0.717) is 0 Å². The third kappa shape index (κ3) is 10.6. The molecule has 1 fully saturated rings. The average Bonchev–Trinajstić information content (AvgIpc) is 3.34. The van der Waals surface area contributed by atoms with Gasteiger partial charge in [0.2, 0.25) is 0 Å². The van der Waals surface area contributed by atoms with Crippen molar-refractivity contribution in [3.05, 3.63) is 52.5 Å². The minimum atomic E-state index is -5.08. The van der Waals surface area contributed by atoms with Crippen molar-refractivity contribution < 1.29 is 51.3 Å². The molecule has 3 heterocycles. The number of alkyl halides is 6. The van der Waals surface area contributed by atoms with Gasteiger partial charge in [-0.15, -0.1) is 11.3 Å². The molecule has 3 N–H and O–H groups in total.